The Bertz CT molecular complexity index is 1250. The van der Waals surface area contributed by atoms with E-state index in [1.165, 1.54) is 0 Å². The number of nitrogens with zero attached hydrogens (tertiary/aromatic N) is 6. The summed E-state index contributed by atoms with van der Waals surface area (Å²) >= 11 is 1.65. The van der Waals surface area contributed by atoms with Crippen LogP contribution in [0.2, 0.25) is 0 Å². The van der Waals surface area contributed by atoms with Gasteiger partial charge in [-0.2, -0.15) is 10.4 Å². The predicted octanol–water partition coefficient (Wildman–Crippen LogP) is 4.06. The quantitative estimate of drug-likeness (QED) is 0.624. The molecule has 8 heteroatoms. The van der Waals surface area contributed by atoms with Crippen LogP contribution in [0.5, 0.6) is 0 Å². The highest BCUT2D eigenvalue weighted by Gasteiger charge is 2.27. The molecule has 1 aromatic carbocycles. The van der Waals surface area contributed by atoms with Crippen LogP contribution in [-0.4, -0.2) is 39.2 Å². The first kappa shape index (κ1) is 20.1. The van der Waals surface area contributed by atoms with E-state index in [1.807, 2.05) is 78.2 Å². The van der Waals surface area contributed by atoms with E-state index in [0.717, 1.165) is 32.2 Å². The zero-order valence-electron chi connectivity index (χ0n) is 17.5. The average Bonchev–Trinajstić information content (AvgIpc) is 3.50. The number of nitriles is 1. The van der Waals surface area contributed by atoms with E-state index in [2.05, 4.69) is 44.7 Å². The lowest BCUT2D eigenvalue weighted by molar-refractivity contribution is 0.399. The molecule has 0 saturated carbocycles. The first-order valence-corrected chi connectivity index (χ1v) is 11.1. The van der Waals surface area contributed by atoms with E-state index in [4.69, 9.17) is 0 Å². The lowest BCUT2D eigenvalue weighted by atomic mass is 10.1. The van der Waals surface area contributed by atoms with Crippen LogP contribution in [0, 0.1) is 11.3 Å². The molecule has 0 amide bonds. The smallest absolute Gasteiger partial charge is 0.128 e. The van der Waals surface area contributed by atoms with Crippen molar-refractivity contribution in [1.82, 2.24) is 25.0 Å². The summed E-state index contributed by atoms with van der Waals surface area (Å²) in [5.41, 5.74) is 3.87. The molecule has 2 aliphatic rings. The topological polar surface area (TPSA) is 82.1 Å². The number of pyridine rings is 1. The van der Waals surface area contributed by atoms with E-state index in [1.54, 1.807) is 11.8 Å². The average molecular weight is 440 g/mol. The van der Waals surface area contributed by atoms with Crippen LogP contribution in [0.25, 0.3) is 5.70 Å². The minimum Gasteiger partial charge on any atom is -0.367 e. The third-order valence-electron chi connectivity index (χ3n) is 5.44. The first-order chi connectivity index (χ1) is 15.7. The van der Waals surface area contributed by atoms with Crippen molar-refractivity contribution >= 4 is 23.8 Å². The Hall–Kier alpha value is -3.83. The molecule has 0 aliphatic carbocycles. The van der Waals surface area contributed by atoms with Crippen LogP contribution in [0.3, 0.4) is 0 Å². The van der Waals surface area contributed by atoms with Gasteiger partial charge in [0.05, 0.1) is 36.8 Å². The van der Waals surface area contributed by atoms with Crippen molar-refractivity contribution in [2.45, 2.75) is 28.4 Å². The maximum Gasteiger partial charge on any atom is 0.128 e. The van der Waals surface area contributed by atoms with Gasteiger partial charge in [-0.25, -0.2) is 4.99 Å². The summed E-state index contributed by atoms with van der Waals surface area (Å²) in [5, 5.41) is 17.4. The van der Waals surface area contributed by atoms with Gasteiger partial charge in [0.25, 0.3) is 0 Å². The Morgan fingerprint density at radius 1 is 1.19 bits per heavy atom. The van der Waals surface area contributed by atoms with Gasteiger partial charge in [0.1, 0.15) is 6.17 Å². The van der Waals surface area contributed by atoms with Crippen LogP contribution >= 0.6 is 11.8 Å². The summed E-state index contributed by atoms with van der Waals surface area (Å²) in [5.74, 6) is 0. The largest absolute Gasteiger partial charge is 0.367 e. The van der Waals surface area contributed by atoms with Gasteiger partial charge in [-0.1, -0.05) is 30.0 Å². The molecule has 0 radical (unpaired) electrons. The second-order valence-corrected chi connectivity index (χ2v) is 8.72. The summed E-state index contributed by atoms with van der Waals surface area (Å²) in [6.07, 6.45) is 13.6. The molecule has 2 atom stereocenters. The third kappa shape index (κ3) is 3.90. The van der Waals surface area contributed by atoms with E-state index in [9.17, 15) is 5.26 Å². The highest BCUT2D eigenvalue weighted by atomic mass is 32.2. The number of aromatic nitrogens is 3. The van der Waals surface area contributed by atoms with E-state index in [0.29, 0.717) is 6.42 Å². The molecule has 7 nitrogen and oxygen atoms in total. The molecule has 0 bridgehead atoms. The standard InChI is InChI=1S/C24H21N7S/c1-30-16-28-23(21-8-10-27-24(21)30)18-13-29-31(15-18)22(7-9-25)17-11-20(14-26-12-17)32-19-5-3-2-4-6-19/h2-6,8,10-16,22,24,27H,7H2,1H3. The minimum atomic E-state index is -0.230. The maximum absolute atomic E-state index is 9.50. The van der Waals surface area contributed by atoms with Gasteiger partial charge < -0.3 is 10.2 Å². The third-order valence-corrected chi connectivity index (χ3v) is 6.40. The molecule has 2 unspecified atom stereocenters. The molecular weight excluding hydrogens is 418 g/mol. The molecule has 0 saturated heterocycles. The highest BCUT2D eigenvalue weighted by Crippen LogP contribution is 2.32. The fraction of sp³-hybridized carbons (Fsp3) is 0.167. The number of rotatable bonds is 6. The van der Waals surface area contributed by atoms with Crippen LogP contribution in [0.15, 0.2) is 93.8 Å². The summed E-state index contributed by atoms with van der Waals surface area (Å²) < 4.78 is 1.84. The number of hydrogen-bond acceptors (Lipinski definition) is 7. The van der Waals surface area contributed by atoms with Crippen molar-refractivity contribution in [2.24, 2.45) is 4.99 Å². The number of likely N-dealkylation sites (N-methyl/N-ethyl adjacent to an activating group) is 1. The number of fused-ring (bicyclic) bond motifs is 1. The molecule has 158 valence electrons. The van der Waals surface area contributed by atoms with Gasteiger partial charge in [-0.15, -0.1) is 0 Å². The predicted molar refractivity (Wildman–Crippen MR) is 125 cm³/mol. The van der Waals surface area contributed by atoms with Crippen molar-refractivity contribution in [3.63, 3.8) is 0 Å². The highest BCUT2D eigenvalue weighted by molar-refractivity contribution is 7.99. The number of benzene rings is 1. The fourth-order valence-corrected chi connectivity index (χ4v) is 4.74. The van der Waals surface area contributed by atoms with Crippen LogP contribution in [0.1, 0.15) is 23.6 Å². The molecule has 0 fully saturated rings. The lowest BCUT2D eigenvalue weighted by Crippen LogP contribution is -2.40. The van der Waals surface area contributed by atoms with Crippen LogP contribution in [-0.2, 0) is 0 Å². The Kier molecular flexibility index (Phi) is 5.48. The van der Waals surface area contributed by atoms with Gasteiger partial charge >= 0.3 is 0 Å². The SMILES string of the molecule is CN1C=NC(c2cnn(C(CC#N)c3cncc(Sc4ccccc4)c3)c2)=C2C=CNC21. The van der Waals surface area contributed by atoms with Crippen molar-refractivity contribution < 1.29 is 0 Å². The monoisotopic (exact) mass is 439 g/mol. The normalized spacial score (nSPS) is 17.8. The Morgan fingerprint density at radius 3 is 2.91 bits per heavy atom. The Labute approximate surface area is 190 Å². The van der Waals surface area contributed by atoms with Crippen molar-refractivity contribution in [2.75, 3.05) is 7.05 Å². The van der Waals surface area contributed by atoms with E-state index >= 15 is 0 Å². The maximum atomic E-state index is 9.50. The second-order valence-electron chi connectivity index (χ2n) is 7.57. The molecule has 4 heterocycles. The minimum absolute atomic E-state index is 0.0802. The summed E-state index contributed by atoms with van der Waals surface area (Å²) in [7, 11) is 1.99. The molecule has 2 aromatic heterocycles. The molecule has 0 spiro atoms. The molecule has 1 N–H and O–H groups in total. The zero-order chi connectivity index (χ0) is 21.9. The van der Waals surface area contributed by atoms with Gasteiger partial charge in [-0.05, 0) is 36.0 Å². The van der Waals surface area contributed by atoms with Crippen molar-refractivity contribution in [3.8, 4) is 6.07 Å². The zero-order valence-corrected chi connectivity index (χ0v) is 18.3. The summed E-state index contributed by atoms with van der Waals surface area (Å²) in [6.45, 7) is 0. The van der Waals surface area contributed by atoms with Gasteiger partial charge in [0, 0.05) is 46.6 Å². The van der Waals surface area contributed by atoms with E-state index in [-0.39, 0.29) is 12.2 Å². The fourth-order valence-electron chi connectivity index (χ4n) is 3.87. The first-order valence-electron chi connectivity index (χ1n) is 10.2. The van der Waals surface area contributed by atoms with Gasteiger partial charge in [0.2, 0.25) is 0 Å². The lowest BCUT2D eigenvalue weighted by Gasteiger charge is -2.28. The van der Waals surface area contributed by atoms with E-state index < -0.39 is 0 Å². The van der Waals surface area contributed by atoms with Gasteiger partial charge in [0.15, 0.2) is 0 Å². The molecular formula is C24H21N7S. The Morgan fingerprint density at radius 2 is 2.06 bits per heavy atom. The molecule has 2 aliphatic heterocycles. The molecule has 5 rings (SSSR count). The number of aliphatic imine (C=N–C) groups is 1. The second kappa shape index (κ2) is 8.73. The van der Waals surface area contributed by atoms with Crippen molar-refractivity contribution in [1.29, 1.82) is 5.26 Å². The summed E-state index contributed by atoms with van der Waals surface area (Å²) in [4.78, 5) is 13.3. The number of nitrogens with one attached hydrogen (secondary N) is 1. The molecule has 3 aromatic rings. The van der Waals surface area contributed by atoms with Crippen molar-refractivity contribution in [3.05, 3.63) is 90.2 Å². The van der Waals surface area contributed by atoms with Crippen LogP contribution in [0.4, 0.5) is 0 Å². The number of hydrogen-bond donors (Lipinski definition) is 1. The summed E-state index contributed by atoms with van der Waals surface area (Å²) in [6, 6.07) is 14.3. The Balaban J connectivity index is 1.45. The van der Waals surface area contributed by atoms with Gasteiger partial charge in [-0.3, -0.25) is 9.67 Å². The van der Waals surface area contributed by atoms with Crippen LogP contribution < -0.4 is 5.32 Å². The molecule has 32 heavy (non-hydrogen) atoms.